The van der Waals surface area contributed by atoms with Crippen molar-refractivity contribution < 1.29 is 28.8 Å². The Morgan fingerprint density at radius 2 is 1.64 bits per heavy atom. The molecular formula is C30H48N6O6. The van der Waals surface area contributed by atoms with Crippen LogP contribution in [0, 0.1) is 28.6 Å². The highest BCUT2D eigenvalue weighted by Gasteiger charge is 2.70. The number of Topliss-reactive ketones (excluding diaryl/α,β-unsaturated/α-hetero) is 1. The molecule has 0 unspecified atom stereocenters. The minimum absolute atomic E-state index is 0.00575. The molecule has 2 aliphatic carbocycles. The number of likely N-dealkylation sites (tertiary alicyclic amines) is 1. The minimum atomic E-state index is -1.20. The van der Waals surface area contributed by atoms with Crippen LogP contribution in [-0.2, 0) is 24.0 Å². The number of urea groups is 1. The number of carbonyl (C=O) groups is 6. The van der Waals surface area contributed by atoms with Crippen LogP contribution in [-0.4, -0.2) is 83.1 Å². The number of amides is 6. The van der Waals surface area contributed by atoms with Gasteiger partial charge in [-0.05, 0) is 69.1 Å². The molecule has 6 atom stereocenters. The molecule has 0 spiro atoms. The van der Waals surface area contributed by atoms with Crippen LogP contribution in [0.15, 0.2) is 0 Å². The first kappa shape index (κ1) is 31.7. The van der Waals surface area contributed by atoms with Crippen molar-refractivity contribution >= 4 is 35.4 Å². The molecule has 4 aliphatic rings. The number of hydrogen-bond acceptors (Lipinski definition) is 6. The van der Waals surface area contributed by atoms with Gasteiger partial charge in [0.15, 0.2) is 0 Å². The monoisotopic (exact) mass is 588 g/mol. The predicted octanol–water partition coefficient (Wildman–Crippen LogP) is 0.841. The molecule has 12 heteroatoms. The van der Waals surface area contributed by atoms with E-state index in [2.05, 4.69) is 40.4 Å². The molecule has 6 amide bonds. The summed E-state index contributed by atoms with van der Waals surface area (Å²) in [6.07, 6.45) is 2.11. The van der Waals surface area contributed by atoms with Crippen molar-refractivity contribution in [2.24, 2.45) is 28.6 Å². The Hall–Kier alpha value is -3.18. The molecule has 2 saturated heterocycles. The number of nitrogens with zero attached hydrogens (tertiary/aromatic N) is 1. The van der Waals surface area contributed by atoms with Crippen LogP contribution in [0.5, 0.6) is 0 Å². The smallest absolute Gasteiger partial charge is 0.315 e. The van der Waals surface area contributed by atoms with Crippen LogP contribution in [0.1, 0.15) is 81.1 Å². The zero-order valence-corrected chi connectivity index (χ0v) is 26.2. The molecule has 42 heavy (non-hydrogen) atoms. The average molecular weight is 589 g/mol. The molecule has 0 bridgehead atoms. The van der Waals surface area contributed by atoms with Crippen molar-refractivity contribution in [3.63, 3.8) is 0 Å². The van der Waals surface area contributed by atoms with Gasteiger partial charge in [-0.25, -0.2) is 4.79 Å². The highest BCUT2D eigenvalue weighted by molar-refractivity contribution is 6.38. The molecule has 5 N–H and O–H groups in total. The molecule has 0 radical (unpaired) electrons. The van der Waals surface area contributed by atoms with Crippen LogP contribution < -0.4 is 26.6 Å². The highest BCUT2D eigenvalue weighted by atomic mass is 16.2. The molecule has 0 aromatic heterocycles. The number of nitrogens with one attached hydrogen (secondary N) is 5. The minimum Gasteiger partial charge on any atom is -0.356 e. The summed E-state index contributed by atoms with van der Waals surface area (Å²) >= 11 is 0. The van der Waals surface area contributed by atoms with E-state index in [0.29, 0.717) is 19.5 Å². The predicted molar refractivity (Wildman–Crippen MR) is 155 cm³/mol. The van der Waals surface area contributed by atoms with Gasteiger partial charge in [-0.15, -0.1) is 0 Å². The van der Waals surface area contributed by atoms with Gasteiger partial charge in [0.05, 0.1) is 6.04 Å². The van der Waals surface area contributed by atoms with E-state index in [0.717, 1.165) is 12.8 Å². The SMILES string of the molecule is CC(C)(C)NC(=O)N[C@H](C(=O)N1C[C@H]2[C@@H]([C@H]1C(=O)N[C@H](C[C@H]1CCNC1=O)C(=O)C(=O)NC1CC1)C2(C)C)C(C)(C)C. The molecule has 4 rings (SSSR count). The van der Waals surface area contributed by atoms with E-state index >= 15 is 0 Å². The first-order valence-electron chi connectivity index (χ1n) is 15.1. The van der Waals surface area contributed by atoms with Gasteiger partial charge in [0.2, 0.25) is 23.5 Å². The van der Waals surface area contributed by atoms with Crippen LogP contribution in [0.3, 0.4) is 0 Å². The Kier molecular flexibility index (Phi) is 8.43. The normalized spacial score (nSPS) is 27.7. The lowest BCUT2D eigenvalue weighted by atomic mass is 9.85. The Balaban J connectivity index is 1.56. The van der Waals surface area contributed by atoms with E-state index in [1.807, 2.05) is 41.5 Å². The third kappa shape index (κ3) is 6.89. The number of piperidine rings is 1. The molecule has 234 valence electrons. The fraction of sp³-hybridized carbons (Fsp3) is 0.800. The fourth-order valence-electron chi connectivity index (χ4n) is 6.42. The van der Waals surface area contributed by atoms with Gasteiger partial charge in [0, 0.05) is 30.6 Å². The van der Waals surface area contributed by atoms with Crippen molar-refractivity contribution in [2.75, 3.05) is 13.1 Å². The van der Waals surface area contributed by atoms with Gasteiger partial charge in [0.25, 0.3) is 5.91 Å². The fourth-order valence-corrected chi connectivity index (χ4v) is 6.42. The van der Waals surface area contributed by atoms with Crippen LogP contribution >= 0.6 is 0 Å². The summed E-state index contributed by atoms with van der Waals surface area (Å²) in [6, 6.07) is -3.52. The zero-order chi connectivity index (χ0) is 31.4. The maximum atomic E-state index is 14.1. The van der Waals surface area contributed by atoms with E-state index in [-0.39, 0.29) is 41.5 Å². The molecule has 0 aromatic carbocycles. The standard InChI is InChI=1S/C30H48N6O6/c1-28(2,3)22(34-27(42)35-29(4,5)6)26(41)36-14-17-19(30(17,7)8)20(36)24(39)33-18(13-15-11-12-31-23(15)38)21(37)25(40)32-16-9-10-16/h15-20,22H,9-14H2,1-8H3,(H,31,38)(H,32,40)(H,33,39)(H2,34,35,42)/t15-,17+,18-,19+,20+,22-/m1/s1. The lowest BCUT2D eigenvalue weighted by Gasteiger charge is -2.38. The summed E-state index contributed by atoms with van der Waals surface area (Å²) < 4.78 is 0. The first-order valence-corrected chi connectivity index (χ1v) is 15.1. The number of rotatable bonds is 9. The molecule has 0 aromatic rings. The van der Waals surface area contributed by atoms with Gasteiger partial charge in [0.1, 0.15) is 12.1 Å². The summed E-state index contributed by atoms with van der Waals surface area (Å²) in [5.41, 5.74) is -1.37. The van der Waals surface area contributed by atoms with Crippen molar-refractivity contribution in [3.05, 3.63) is 0 Å². The summed E-state index contributed by atoms with van der Waals surface area (Å²) in [4.78, 5) is 80.7. The summed E-state index contributed by atoms with van der Waals surface area (Å²) in [7, 11) is 0. The number of fused-ring (bicyclic) bond motifs is 1. The third-order valence-corrected chi connectivity index (χ3v) is 9.09. The molecular weight excluding hydrogens is 540 g/mol. The lowest BCUT2D eigenvalue weighted by Crippen LogP contribution is -2.62. The van der Waals surface area contributed by atoms with Gasteiger partial charge in [-0.1, -0.05) is 34.6 Å². The highest BCUT2D eigenvalue weighted by Crippen LogP contribution is 2.65. The Labute approximate surface area is 248 Å². The molecule has 4 fully saturated rings. The van der Waals surface area contributed by atoms with Crippen molar-refractivity contribution in [1.29, 1.82) is 0 Å². The number of ketones is 1. The van der Waals surface area contributed by atoms with E-state index < -0.39 is 58.6 Å². The van der Waals surface area contributed by atoms with E-state index in [1.54, 1.807) is 0 Å². The van der Waals surface area contributed by atoms with Gasteiger partial charge >= 0.3 is 6.03 Å². The van der Waals surface area contributed by atoms with E-state index in [9.17, 15) is 28.8 Å². The quantitative estimate of drug-likeness (QED) is 0.250. The first-order chi connectivity index (χ1) is 19.3. The largest absolute Gasteiger partial charge is 0.356 e. The Bertz CT molecular complexity index is 1150. The van der Waals surface area contributed by atoms with Crippen molar-refractivity contribution in [3.8, 4) is 0 Å². The molecule has 2 saturated carbocycles. The molecule has 2 heterocycles. The summed E-state index contributed by atoms with van der Waals surface area (Å²) in [5, 5.41) is 13.9. The second kappa shape index (κ2) is 11.1. The summed E-state index contributed by atoms with van der Waals surface area (Å²) in [6.45, 7) is 16.0. The Morgan fingerprint density at radius 3 is 2.17 bits per heavy atom. The zero-order valence-electron chi connectivity index (χ0n) is 26.2. The summed E-state index contributed by atoms with van der Waals surface area (Å²) in [5.74, 6) is -3.24. The van der Waals surface area contributed by atoms with Crippen molar-refractivity contribution in [1.82, 2.24) is 31.5 Å². The molecule has 12 nitrogen and oxygen atoms in total. The molecule has 2 aliphatic heterocycles. The second-order valence-corrected chi connectivity index (χ2v) is 15.2. The second-order valence-electron chi connectivity index (χ2n) is 15.2. The van der Waals surface area contributed by atoms with Crippen LogP contribution in [0.2, 0.25) is 0 Å². The average Bonchev–Trinajstić information content (AvgIpc) is 3.61. The van der Waals surface area contributed by atoms with Gasteiger partial charge in [-0.3, -0.25) is 24.0 Å². The third-order valence-electron chi connectivity index (χ3n) is 9.09. The van der Waals surface area contributed by atoms with Crippen LogP contribution in [0.25, 0.3) is 0 Å². The van der Waals surface area contributed by atoms with E-state index in [1.165, 1.54) is 4.90 Å². The van der Waals surface area contributed by atoms with Gasteiger partial charge in [-0.2, -0.15) is 0 Å². The number of hydrogen-bond donors (Lipinski definition) is 5. The lowest BCUT2D eigenvalue weighted by molar-refractivity contribution is -0.145. The van der Waals surface area contributed by atoms with Gasteiger partial charge < -0.3 is 31.5 Å². The van der Waals surface area contributed by atoms with Crippen LogP contribution in [0.4, 0.5) is 4.79 Å². The van der Waals surface area contributed by atoms with E-state index in [4.69, 9.17) is 0 Å². The Morgan fingerprint density at radius 1 is 1.00 bits per heavy atom. The van der Waals surface area contributed by atoms with Crippen molar-refractivity contribution in [2.45, 2.75) is 111 Å². The maximum Gasteiger partial charge on any atom is 0.315 e. The maximum absolute atomic E-state index is 14.1. The topological polar surface area (TPSA) is 166 Å². The number of carbonyl (C=O) groups excluding carboxylic acids is 6.